The van der Waals surface area contributed by atoms with Crippen LogP contribution in [0.4, 0.5) is 34.1 Å². The van der Waals surface area contributed by atoms with Gasteiger partial charge in [0.1, 0.15) is 0 Å². The number of fused-ring (bicyclic) bond motifs is 7. The largest absolute Gasteiger partial charge is 0.310 e. The quantitative estimate of drug-likeness (QED) is 0.111. The molecule has 0 saturated heterocycles. The van der Waals surface area contributed by atoms with Crippen molar-refractivity contribution in [1.29, 1.82) is 0 Å². The van der Waals surface area contributed by atoms with Gasteiger partial charge in [-0.05, 0) is 170 Å². The minimum absolute atomic E-state index is 0.0556. The van der Waals surface area contributed by atoms with E-state index < -0.39 is 0 Å². The summed E-state index contributed by atoms with van der Waals surface area (Å²) >= 11 is 0. The van der Waals surface area contributed by atoms with Crippen molar-refractivity contribution < 1.29 is 0 Å². The maximum atomic E-state index is 2.72. The van der Waals surface area contributed by atoms with E-state index >= 15 is 0 Å². The van der Waals surface area contributed by atoms with E-state index in [-0.39, 0.29) is 23.0 Å². The average molecular weight is 1260 g/mol. The summed E-state index contributed by atoms with van der Waals surface area (Å²) in [7, 11) is 0. The van der Waals surface area contributed by atoms with Gasteiger partial charge in [-0.15, -0.1) is 0 Å². The van der Waals surface area contributed by atoms with E-state index in [4.69, 9.17) is 0 Å². The highest BCUT2D eigenvalue weighted by atomic mass is 15.2. The predicted octanol–water partition coefficient (Wildman–Crippen LogP) is 24.0. The summed E-state index contributed by atoms with van der Waals surface area (Å²) in [5.41, 5.74) is 29.3. The van der Waals surface area contributed by atoms with E-state index in [1.54, 1.807) is 0 Å². The van der Waals surface area contributed by atoms with Crippen LogP contribution in [0.5, 0.6) is 0 Å². The van der Waals surface area contributed by atoms with Crippen LogP contribution in [0.3, 0.4) is 0 Å². The zero-order valence-corrected chi connectivity index (χ0v) is 57.2. The van der Waals surface area contributed by atoms with Gasteiger partial charge in [-0.25, -0.2) is 0 Å². The molecule has 2 aliphatic heterocycles. The van der Waals surface area contributed by atoms with Crippen molar-refractivity contribution in [3.05, 3.63) is 314 Å². The fourth-order valence-electron chi connectivity index (χ4n) is 16.4. The summed E-state index contributed by atoms with van der Waals surface area (Å²) in [5, 5.41) is 10.3. The Morgan fingerprint density at radius 2 is 0.663 bits per heavy atom. The molecule has 4 heteroatoms. The molecule has 98 heavy (non-hydrogen) atoms. The number of para-hydroxylation sites is 4. The molecule has 0 unspecified atom stereocenters. The Morgan fingerprint density at radius 3 is 1.13 bits per heavy atom. The van der Waals surface area contributed by atoms with Gasteiger partial charge in [0, 0.05) is 61.5 Å². The van der Waals surface area contributed by atoms with E-state index in [2.05, 4.69) is 374 Å². The van der Waals surface area contributed by atoms with Crippen molar-refractivity contribution in [1.82, 2.24) is 4.57 Å². The molecule has 3 heterocycles. The minimum atomic E-state index is -0.301. The highest BCUT2D eigenvalue weighted by molar-refractivity contribution is 7.00. The molecule has 1 aromatic heterocycles. The molecule has 0 fully saturated rings. The van der Waals surface area contributed by atoms with Gasteiger partial charge >= 0.3 is 0 Å². The predicted molar refractivity (Wildman–Crippen MR) is 422 cm³/mol. The van der Waals surface area contributed by atoms with Crippen molar-refractivity contribution >= 4 is 111 Å². The van der Waals surface area contributed by atoms with Crippen LogP contribution in [-0.2, 0) is 16.2 Å². The molecule has 16 aromatic rings. The summed E-state index contributed by atoms with van der Waals surface area (Å²) in [6, 6.07) is 114. The lowest BCUT2D eigenvalue weighted by Gasteiger charge is -2.46. The molecular weight excluding hydrogens is 1180 g/mol. The van der Waals surface area contributed by atoms with Crippen molar-refractivity contribution in [3.8, 4) is 61.3 Å². The molecular formula is C94H76BN3. The van der Waals surface area contributed by atoms with Gasteiger partial charge in [0.2, 0.25) is 0 Å². The van der Waals surface area contributed by atoms with Gasteiger partial charge < -0.3 is 14.4 Å². The molecule has 0 aliphatic carbocycles. The number of aromatic nitrogens is 1. The highest BCUT2D eigenvalue weighted by Gasteiger charge is 2.46. The molecule has 0 saturated carbocycles. The molecule has 2 aliphatic rings. The van der Waals surface area contributed by atoms with Crippen LogP contribution in [0.2, 0.25) is 0 Å². The van der Waals surface area contributed by atoms with Crippen molar-refractivity contribution in [2.75, 3.05) is 9.80 Å². The topological polar surface area (TPSA) is 11.4 Å². The summed E-state index contributed by atoms with van der Waals surface area (Å²) in [5.74, 6) is 0. The zero-order chi connectivity index (χ0) is 66.5. The van der Waals surface area contributed by atoms with Crippen molar-refractivity contribution in [2.24, 2.45) is 0 Å². The second-order valence-electron chi connectivity index (χ2n) is 30.4. The maximum absolute atomic E-state index is 2.72. The van der Waals surface area contributed by atoms with E-state index in [1.807, 2.05) is 0 Å². The third-order valence-electron chi connectivity index (χ3n) is 21.3. The van der Waals surface area contributed by atoms with Crippen LogP contribution in [0, 0.1) is 0 Å². The Balaban J connectivity index is 1.01. The summed E-state index contributed by atoms with van der Waals surface area (Å²) in [4.78, 5) is 5.42. The molecule has 3 nitrogen and oxygen atoms in total. The van der Waals surface area contributed by atoms with Crippen LogP contribution in [0.25, 0.3) is 115 Å². The summed E-state index contributed by atoms with van der Waals surface area (Å²) in [6.07, 6.45) is 0. The minimum Gasteiger partial charge on any atom is -0.310 e. The molecule has 0 radical (unpaired) electrons. The van der Waals surface area contributed by atoms with Crippen molar-refractivity contribution in [2.45, 2.75) is 78.6 Å². The summed E-state index contributed by atoms with van der Waals surface area (Å²) in [6.45, 7) is 21.1. The third-order valence-corrected chi connectivity index (χ3v) is 21.3. The Morgan fingerprint density at radius 1 is 0.265 bits per heavy atom. The SMILES string of the molecule is CC(C)(C)c1cc2c3c(c1)N(c1c(-c4ccccc4)cccc1-c1ccccc1)c1cc(-n4c5ccccc5c5ccccc54)ccc1B3c1ccc(-c3cc4cc(C(C)(C)C)cc5ccc6cc(C(C)(C)C)cc3c6c54)cc1N2c1c(-c2ccccc2)cccc1-c1ccccc1. The van der Waals surface area contributed by atoms with Crippen LogP contribution in [0.1, 0.15) is 79.0 Å². The number of hydrogen-bond donors (Lipinski definition) is 0. The van der Waals surface area contributed by atoms with Gasteiger partial charge in [0.15, 0.2) is 0 Å². The molecule has 15 aromatic carbocycles. The Labute approximate surface area is 576 Å². The van der Waals surface area contributed by atoms with Gasteiger partial charge in [0.05, 0.1) is 22.4 Å². The monoisotopic (exact) mass is 1260 g/mol. The Kier molecular flexibility index (Phi) is 13.4. The third kappa shape index (κ3) is 9.39. The second kappa shape index (κ2) is 22.2. The number of rotatable bonds is 8. The average Bonchev–Trinajstić information content (AvgIpc) is 0.755. The summed E-state index contributed by atoms with van der Waals surface area (Å²) < 4.78 is 2.50. The fourth-order valence-corrected chi connectivity index (χ4v) is 16.4. The van der Waals surface area contributed by atoms with Gasteiger partial charge in [0.25, 0.3) is 6.71 Å². The Bertz CT molecular complexity index is 5700. The molecule has 0 bridgehead atoms. The van der Waals surface area contributed by atoms with Crippen LogP contribution >= 0.6 is 0 Å². The van der Waals surface area contributed by atoms with Crippen molar-refractivity contribution in [3.63, 3.8) is 0 Å². The molecule has 0 amide bonds. The zero-order valence-electron chi connectivity index (χ0n) is 57.2. The number of hydrogen-bond acceptors (Lipinski definition) is 2. The first kappa shape index (κ1) is 59.3. The Hall–Kier alpha value is -11.2. The van der Waals surface area contributed by atoms with E-state index in [0.717, 1.165) is 72.9 Å². The van der Waals surface area contributed by atoms with Gasteiger partial charge in [-0.2, -0.15) is 0 Å². The molecule has 470 valence electrons. The maximum Gasteiger partial charge on any atom is 0.252 e. The second-order valence-corrected chi connectivity index (χ2v) is 30.4. The lowest BCUT2D eigenvalue weighted by molar-refractivity contribution is 0.590. The van der Waals surface area contributed by atoms with Crippen LogP contribution in [0.15, 0.2) is 297 Å². The van der Waals surface area contributed by atoms with Crippen LogP contribution < -0.4 is 26.2 Å². The van der Waals surface area contributed by atoms with E-state index in [9.17, 15) is 0 Å². The lowest BCUT2D eigenvalue weighted by atomic mass is 9.33. The number of anilines is 6. The lowest BCUT2D eigenvalue weighted by Crippen LogP contribution is -2.61. The first-order valence-electron chi connectivity index (χ1n) is 34.8. The molecule has 18 rings (SSSR count). The molecule has 0 N–H and O–H groups in total. The normalized spacial score (nSPS) is 13.1. The first-order valence-corrected chi connectivity index (χ1v) is 34.8. The molecule has 0 atom stereocenters. The number of benzene rings is 15. The van der Waals surface area contributed by atoms with Gasteiger partial charge in [-0.3, -0.25) is 0 Å². The fraction of sp³-hybridized carbons (Fsp3) is 0.128. The highest BCUT2D eigenvalue weighted by Crippen LogP contribution is 2.55. The van der Waals surface area contributed by atoms with E-state index in [0.29, 0.717) is 0 Å². The first-order chi connectivity index (χ1) is 47.5. The smallest absolute Gasteiger partial charge is 0.252 e. The molecule has 0 spiro atoms. The van der Waals surface area contributed by atoms with E-state index in [1.165, 1.54) is 110 Å². The number of nitrogens with zero attached hydrogens (tertiary/aromatic N) is 3. The van der Waals surface area contributed by atoms with Crippen LogP contribution in [-0.4, -0.2) is 11.3 Å². The standard InChI is InChI=1S/C94H76BN3/c1-92(2,3)67-50-64-44-45-65-51-68(93(4,5)6)55-78-77(53-66(52-67)87(64)88(65)78)63-46-48-79-83(54-63)97(90-71(59-28-14-10-15-29-59)38-26-39-72(90)60-30-16-11-17-31-60)85-56-69(94(7,8)9)57-86-89(85)95(79)80-49-47-70(96-81-42-24-22-36-75(81)76-37-23-25-43-82(76)96)58-84(80)98(86)91-73(61-32-18-12-19-33-61)40-27-41-74(91)62-34-20-13-21-35-62/h10-58H,1-9H3. The van der Waals surface area contributed by atoms with Gasteiger partial charge in [-0.1, -0.05) is 305 Å².